The van der Waals surface area contributed by atoms with Crippen molar-refractivity contribution < 1.29 is 13.2 Å². The smallest absolute Gasteiger partial charge is 0.260 e. The van der Waals surface area contributed by atoms with Crippen LogP contribution in [0.2, 0.25) is 0 Å². The summed E-state index contributed by atoms with van der Waals surface area (Å²) in [6.07, 6.45) is 4.84. The predicted molar refractivity (Wildman–Crippen MR) is 114 cm³/mol. The molecule has 3 heterocycles. The van der Waals surface area contributed by atoms with E-state index in [4.69, 9.17) is 15.5 Å². The van der Waals surface area contributed by atoms with E-state index in [0.717, 1.165) is 56.5 Å². The zero-order valence-corrected chi connectivity index (χ0v) is 18.3. The first-order chi connectivity index (χ1) is 13.8. The zero-order chi connectivity index (χ0) is 21.0. The fourth-order valence-electron chi connectivity index (χ4n) is 3.54. The van der Waals surface area contributed by atoms with Gasteiger partial charge in [0, 0.05) is 19.0 Å². The Bertz CT molecular complexity index is 929. The minimum absolute atomic E-state index is 0.0264. The number of aromatic nitrogens is 4. The van der Waals surface area contributed by atoms with Gasteiger partial charge in [-0.3, -0.25) is 0 Å². The topological polar surface area (TPSA) is 125 Å². The maximum Gasteiger partial charge on any atom is 0.260 e. The van der Waals surface area contributed by atoms with Crippen molar-refractivity contribution in [3.05, 3.63) is 5.82 Å². The van der Waals surface area contributed by atoms with E-state index in [2.05, 4.69) is 27.0 Å². The Balaban J connectivity index is 1.72. The van der Waals surface area contributed by atoms with Crippen LogP contribution < -0.4 is 15.8 Å². The molecule has 3 rings (SSSR count). The predicted octanol–water partition coefficient (Wildman–Crippen LogP) is 1.71. The Morgan fingerprint density at radius 2 is 2.00 bits per heavy atom. The second-order valence-corrected chi connectivity index (χ2v) is 10.1. The van der Waals surface area contributed by atoms with Crippen molar-refractivity contribution in [2.45, 2.75) is 71.6 Å². The molecule has 29 heavy (non-hydrogen) atoms. The average Bonchev–Trinajstić information content (AvgIpc) is 2.99. The molecule has 0 amide bonds. The molecule has 1 aliphatic heterocycles. The molecule has 2 aromatic rings. The second kappa shape index (κ2) is 9.25. The summed E-state index contributed by atoms with van der Waals surface area (Å²) < 4.78 is 30.5. The largest absolute Gasteiger partial charge is 0.472 e. The molecule has 0 aromatic carbocycles. The lowest BCUT2D eigenvalue weighted by Gasteiger charge is -2.26. The van der Waals surface area contributed by atoms with Gasteiger partial charge in [0.05, 0.1) is 17.6 Å². The van der Waals surface area contributed by atoms with Crippen molar-refractivity contribution in [3.63, 3.8) is 0 Å². The molecule has 0 atom stereocenters. The van der Waals surface area contributed by atoms with Crippen LogP contribution in [0.5, 0.6) is 5.88 Å². The maximum atomic E-state index is 11.2. The van der Waals surface area contributed by atoms with Crippen LogP contribution in [0, 0.1) is 0 Å². The van der Waals surface area contributed by atoms with E-state index in [1.54, 1.807) is 0 Å². The number of sulfone groups is 1. The summed E-state index contributed by atoms with van der Waals surface area (Å²) in [5, 5.41) is 11.5. The van der Waals surface area contributed by atoms with Gasteiger partial charge in [-0.05, 0) is 39.7 Å². The van der Waals surface area contributed by atoms with E-state index in [1.165, 1.54) is 0 Å². The van der Waals surface area contributed by atoms with Crippen molar-refractivity contribution in [3.8, 4) is 5.88 Å². The first-order valence-corrected chi connectivity index (χ1v) is 12.2. The third kappa shape index (κ3) is 5.36. The van der Waals surface area contributed by atoms with Crippen molar-refractivity contribution in [1.82, 2.24) is 25.1 Å². The molecule has 0 unspecified atom stereocenters. The number of nitrogens with one attached hydrogen (secondary N) is 1. The van der Waals surface area contributed by atoms with Gasteiger partial charge in [-0.25, -0.2) is 13.4 Å². The third-order valence-electron chi connectivity index (χ3n) is 4.99. The molecule has 1 aliphatic rings. The molecule has 0 radical (unpaired) electrons. The summed E-state index contributed by atoms with van der Waals surface area (Å²) in [6.45, 7) is 7.64. The van der Waals surface area contributed by atoms with Crippen LogP contribution in [0.3, 0.4) is 0 Å². The molecule has 0 saturated carbocycles. The number of hydrogen-bond acceptors (Lipinski definition) is 8. The molecule has 2 aromatic heterocycles. The highest BCUT2D eigenvalue weighted by Gasteiger charge is 2.32. The molecule has 1 fully saturated rings. The van der Waals surface area contributed by atoms with Crippen molar-refractivity contribution in [2.24, 2.45) is 0 Å². The number of nitrogen functional groups attached to an aromatic ring is 1. The molecule has 1 saturated heterocycles. The van der Waals surface area contributed by atoms with Gasteiger partial charge in [-0.2, -0.15) is 0 Å². The average molecular weight is 425 g/mol. The number of ether oxygens (including phenoxy) is 1. The summed E-state index contributed by atoms with van der Waals surface area (Å²) >= 11 is 0. The number of nitrogens with zero attached hydrogens (tertiary/aromatic N) is 4. The van der Waals surface area contributed by atoms with Crippen LogP contribution in [0.1, 0.15) is 52.3 Å². The Hall–Kier alpha value is -1.94. The second-order valence-electron chi connectivity index (χ2n) is 7.97. The highest BCUT2D eigenvalue weighted by molar-refractivity contribution is 7.92. The van der Waals surface area contributed by atoms with Gasteiger partial charge < -0.3 is 20.4 Å². The Morgan fingerprint density at radius 3 is 2.66 bits per heavy atom. The van der Waals surface area contributed by atoms with E-state index in [0.29, 0.717) is 17.2 Å². The molecule has 0 bridgehead atoms. The standard InChI is InChI=1S/C19H32N6O3S/c1-4-5-8-15-22-16-17(19(28-13(2)3)24-23-18(16)20)25(15)10-7-6-9-21-14-11-29(26,27)12-14/h13-14,21H,4-12H2,1-3H3,(H2,20,23). The van der Waals surface area contributed by atoms with Gasteiger partial charge in [0.15, 0.2) is 15.7 Å². The molecule has 0 aliphatic carbocycles. The summed E-state index contributed by atoms with van der Waals surface area (Å²) in [4.78, 5) is 4.76. The highest BCUT2D eigenvalue weighted by Crippen LogP contribution is 2.29. The Labute approximate surface area is 172 Å². The van der Waals surface area contributed by atoms with Gasteiger partial charge in [-0.1, -0.05) is 13.3 Å². The summed E-state index contributed by atoms with van der Waals surface area (Å²) in [6, 6.07) is 0.107. The van der Waals surface area contributed by atoms with Crippen LogP contribution in [-0.2, 0) is 22.8 Å². The van der Waals surface area contributed by atoms with Crippen LogP contribution in [0.15, 0.2) is 0 Å². The molecule has 162 valence electrons. The van der Waals surface area contributed by atoms with E-state index < -0.39 is 9.84 Å². The number of aryl methyl sites for hydroxylation is 2. The quantitative estimate of drug-likeness (QED) is 0.522. The number of anilines is 1. The summed E-state index contributed by atoms with van der Waals surface area (Å²) in [7, 11) is -2.78. The van der Waals surface area contributed by atoms with Crippen LogP contribution in [0.4, 0.5) is 5.82 Å². The number of hydrogen-bond donors (Lipinski definition) is 2. The fourth-order valence-corrected chi connectivity index (χ4v) is 4.91. The van der Waals surface area contributed by atoms with Gasteiger partial charge >= 0.3 is 0 Å². The minimum Gasteiger partial charge on any atom is -0.472 e. The first-order valence-electron chi connectivity index (χ1n) is 10.4. The van der Waals surface area contributed by atoms with Crippen molar-refractivity contribution >= 4 is 26.7 Å². The van der Waals surface area contributed by atoms with E-state index in [9.17, 15) is 8.42 Å². The lowest BCUT2D eigenvalue weighted by molar-refractivity contribution is 0.232. The van der Waals surface area contributed by atoms with Crippen molar-refractivity contribution in [2.75, 3.05) is 23.8 Å². The number of nitrogens with two attached hydrogens (primary N) is 1. The fraction of sp³-hybridized carbons (Fsp3) is 0.737. The van der Waals surface area contributed by atoms with Crippen LogP contribution in [0.25, 0.3) is 11.0 Å². The SMILES string of the molecule is CCCCc1nc2c(N)nnc(OC(C)C)c2n1CCCCNC1CS(=O)(=O)C1. The first kappa shape index (κ1) is 21.8. The van der Waals surface area contributed by atoms with Gasteiger partial charge in [0.2, 0.25) is 0 Å². The highest BCUT2D eigenvalue weighted by atomic mass is 32.2. The molecule has 10 heteroatoms. The number of rotatable bonds is 11. The molecule has 3 N–H and O–H groups in total. The van der Waals surface area contributed by atoms with E-state index in [1.807, 2.05) is 13.8 Å². The zero-order valence-electron chi connectivity index (χ0n) is 17.5. The van der Waals surface area contributed by atoms with Crippen LogP contribution >= 0.6 is 0 Å². The lowest BCUT2D eigenvalue weighted by atomic mass is 10.2. The molecule has 0 spiro atoms. The van der Waals surface area contributed by atoms with Gasteiger partial charge in [0.1, 0.15) is 16.9 Å². The van der Waals surface area contributed by atoms with Gasteiger partial charge in [-0.15, -0.1) is 10.2 Å². The van der Waals surface area contributed by atoms with Crippen LogP contribution in [-0.4, -0.2) is 58.4 Å². The molecular weight excluding hydrogens is 392 g/mol. The Morgan fingerprint density at radius 1 is 1.24 bits per heavy atom. The monoisotopic (exact) mass is 424 g/mol. The molecule has 9 nitrogen and oxygen atoms in total. The van der Waals surface area contributed by atoms with Gasteiger partial charge in [0.25, 0.3) is 5.88 Å². The Kier molecular flexibility index (Phi) is 6.94. The summed E-state index contributed by atoms with van der Waals surface area (Å²) in [5.41, 5.74) is 7.52. The lowest BCUT2D eigenvalue weighted by Crippen LogP contribution is -2.51. The molecular formula is C19H32N6O3S. The van der Waals surface area contributed by atoms with E-state index >= 15 is 0 Å². The van der Waals surface area contributed by atoms with Crippen molar-refractivity contribution in [1.29, 1.82) is 0 Å². The summed E-state index contributed by atoms with van der Waals surface area (Å²) in [5.74, 6) is 2.29. The number of fused-ring (bicyclic) bond motifs is 1. The van der Waals surface area contributed by atoms with E-state index in [-0.39, 0.29) is 23.7 Å². The minimum atomic E-state index is -2.78. The normalized spacial score (nSPS) is 16.4. The number of unbranched alkanes of at least 4 members (excludes halogenated alkanes) is 2. The maximum absolute atomic E-state index is 11.2. The third-order valence-corrected chi connectivity index (χ3v) is 6.81. The number of imidazole rings is 1.